The lowest BCUT2D eigenvalue weighted by Crippen LogP contribution is -2.15. The lowest BCUT2D eigenvalue weighted by atomic mass is 10.2. The molecule has 17 heavy (non-hydrogen) atoms. The van der Waals surface area contributed by atoms with Gasteiger partial charge in [-0.05, 0) is 6.07 Å². The molecule has 0 bridgehead atoms. The van der Waals surface area contributed by atoms with Crippen LogP contribution >= 0.6 is 11.3 Å². The zero-order valence-electron chi connectivity index (χ0n) is 9.40. The van der Waals surface area contributed by atoms with Gasteiger partial charge in [0.05, 0.1) is 23.9 Å². The van der Waals surface area contributed by atoms with Gasteiger partial charge >= 0.3 is 5.97 Å². The topological polar surface area (TPSA) is 67.0 Å². The Labute approximate surface area is 103 Å². The second-order valence-corrected chi connectivity index (χ2v) is 4.16. The highest BCUT2D eigenvalue weighted by atomic mass is 32.1. The molecule has 0 aliphatic carbocycles. The van der Waals surface area contributed by atoms with Gasteiger partial charge in [-0.1, -0.05) is 0 Å². The molecule has 0 fully saturated rings. The maximum absolute atomic E-state index is 11.4. The van der Waals surface area contributed by atoms with Crippen LogP contribution in [0, 0.1) is 0 Å². The summed E-state index contributed by atoms with van der Waals surface area (Å²) in [5.74, 6) is -0.322. The third-order valence-corrected chi connectivity index (χ3v) is 2.96. The van der Waals surface area contributed by atoms with Crippen molar-refractivity contribution in [2.24, 2.45) is 0 Å². The van der Waals surface area contributed by atoms with Crippen molar-refractivity contribution in [1.82, 2.24) is 15.3 Å². The van der Waals surface area contributed by atoms with Gasteiger partial charge in [0.1, 0.15) is 0 Å². The number of esters is 1. The largest absolute Gasteiger partial charge is 0.465 e. The van der Waals surface area contributed by atoms with E-state index >= 15 is 0 Å². The van der Waals surface area contributed by atoms with Crippen molar-refractivity contribution in [3.63, 3.8) is 0 Å². The second kappa shape index (κ2) is 5.60. The minimum absolute atomic E-state index is 0.322. The fourth-order valence-corrected chi connectivity index (χ4v) is 2.05. The van der Waals surface area contributed by atoms with Crippen molar-refractivity contribution < 1.29 is 9.53 Å². The molecular weight excluding hydrogens is 238 g/mol. The number of H-pyrrole nitrogens is 1. The van der Waals surface area contributed by atoms with Gasteiger partial charge in [0.2, 0.25) is 0 Å². The number of aromatic amines is 1. The van der Waals surface area contributed by atoms with Gasteiger partial charge in [0.15, 0.2) is 0 Å². The average molecular weight is 251 g/mol. The molecule has 0 atom stereocenters. The standard InChI is InChI=1S/C11H13N3O2S/c1-16-11(15)9-2-3-13-10(9)5-12-4-8-6-17-7-14-8/h2-3,6-7,12-13H,4-5H2,1H3. The molecule has 90 valence electrons. The summed E-state index contributed by atoms with van der Waals surface area (Å²) in [6.45, 7) is 1.26. The quantitative estimate of drug-likeness (QED) is 0.791. The molecule has 2 N–H and O–H groups in total. The van der Waals surface area contributed by atoms with Crippen LogP contribution in [0.5, 0.6) is 0 Å². The molecule has 0 unspecified atom stereocenters. The summed E-state index contributed by atoms with van der Waals surface area (Å²) in [6, 6.07) is 1.71. The lowest BCUT2D eigenvalue weighted by molar-refractivity contribution is 0.0599. The zero-order chi connectivity index (χ0) is 12.1. The predicted molar refractivity (Wildman–Crippen MR) is 64.8 cm³/mol. The van der Waals surface area contributed by atoms with Gasteiger partial charge in [0, 0.05) is 30.4 Å². The van der Waals surface area contributed by atoms with Crippen LogP contribution in [0.2, 0.25) is 0 Å². The van der Waals surface area contributed by atoms with Crippen LogP contribution in [0.25, 0.3) is 0 Å². The van der Waals surface area contributed by atoms with Crippen LogP contribution in [0.1, 0.15) is 21.7 Å². The summed E-state index contributed by atoms with van der Waals surface area (Å²) in [5, 5.41) is 5.20. The van der Waals surface area contributed by atoms with Crippen molar-refractivity contribution in [1.29, 1.82) is 0 Å². The van der Waals surface area contributed by atoms with Crippen molar-refractivity contribution >= 4 is 17.3 Å². The van der Waals surface area contributed by atoms with Crippen LogP contribution in [0.4, 0.5) is 0 Å². The smallest absolute Gasteiger partial charge is 0.339 e. The Kier molecular flexibility index (Phi) is 3.89. The third kappa shape index (κ3) is 2.92. The maximum atomic E-state index is 11.4. The van der Waals surface area contributed by atoms with Crippen LogP contribution in [0.3, 0.4) is 0 Å². The number of nitrogens with zero attached hydrogens (tertiary/aromatic N) is 1. The van der Waals surface area contributed by atoms with E-state index in [1.807, 2.05) is 5.38 Å². The number of carbonyl (C=O) groups is 1. The van der Waals surface area contributed by atoms with Gasteiger partial charge in [-0.15, -0.1) is 11.3 Å². The Morgan fingerprint density at radius 3 is 3.18 bits per heavy atom. The van der Waals surface area contributed by atoms with E-state index in [2.05, 4.69) is 15.3 Å². The molecule has 0 amide bonds. The van der Waals surface area contributed by atoms with Crippen LogP contribution < -0.4 is 5.32 Å². The van der Waals surface area contributed by atoms with E-state index in [4.69, 9.17) is 4.74 Å². The first-order chi connectivity index (χ1) is 8.31. The molecular formula is C11H13N3O2S. The van der Waals surface area contributed by atoms with Crippen molar-refractivity contribution in [2.75, 3.05) is 7.11 Å². The third-order valence-electron chi connectivity index (χ3n) is 2.33. The number of methoxy groups -OCH3 is 1. The Hall–Kier alpha value is -1.66. The van der Waals surface area contributed by atoms with Crippen LogP contribution in [-0.4, -0.2) is 23.0 Å². The minimum atomic E-state index is -0.322. The van der Waals surface area contributed by atoms with Crippen LogP contribution in [0.15, 0.2) is 23.2 Å². The molecule has 0 aromatic carbocycles. The first-order valence-corrected chi connectivity index (χ1v) is 6.08. The molecule has 2 rings (SSSR count). The first-order valence-electron chi connectivity index (χ1n) is 5.13. The van der Waals surface area contributed by atoms with E-state index < -0.39 is 0 Å². The van der Waals surface area contributed by atoms with E-state index in [1.165, 1.54) is 7.11 Å². The fraction of sp³-hybridized carbons (Fsp3) is 0.273. The molecule has 0 aliphatic heterocycles. The van der Waals surface area contributed by atoms with E-state index in [0.29, 0.717) is 18.7 Å². The van der Waals surface area contributed by atoms with Gasteiger partial charge in [-0.25, -0.2) is 9.78 Å². The van der Waals surface area contributed by atoms with Crippen molar-refractivity contribution in [3.05, 3.63) is 40.1 Å². The van der Waals surface area contributed by atoms with E-state index in [1.54, 1.807) is 29.1 Å². The highest BCUT2D eigenvalue weighted by Crippen LogP contribution is 2.08. The number of hydrogen-bond acceptors (Lipinski definition) is 5. The number of ether oxygens (including phenoxy) is 1. The molecule has 0 aliphatic rings. The number of hydrogen-bond donors (Lipinski definition) is 2. The molecule has 2 aromatic rings. The normalized spacial score (nSPS) is 10.4. The zero-order valence-corrected chi connectivity index (χ0v) is 10.2. The Balaban J connectivity index is 1.91. The minimum Gasteiger partial charge on any atom is -0.465 e. The summed E-state index contributed by atoms with van der Waals surface area (Å²) in [4.78, 5) is 18.6. The number of thiazole rings is 1. The fourth-order valence-electron chi connectivity index (χ4n) is 1.49. The van der Waals surface area contributed by atoms with Gasteiger partial charge in [-0.2, -0.15) is 0 Å². The summed E-state index contributed by atoms with van der Waals surface area (Å²) >= 11 is 1.57. The second-order valence-electron chi connectivity index (χ2n) is 3.44. The molecule has 5 nitrogen and oxygen atoms in total. The molecule has 0 saturated heterocycles. The average Bonchev–Trinajstić information content (AvgIpc) is 2.99. The summed E-state index contributed by atoms with van der Waals surface area (Å²) in [7, 11) is 1.38. The van der Waals surface area contributed by atoms with Crippen molar-refractivity contribution in [2.45, 2.75) is 13.1 Å². The number of carbonyl (C=O) groups excluding carboxylic acids is 1. The molecule has 0 spiro atoms. The van der Waals surface area contributed by atoms with Gasteiger partial charge in [0.25, 0.3) is 0 Å². The summed E-state index contributed by atoms with van der Waals surface area (Å²) in [6.07, 6.45) is 1.73. The highest BCUT2D eigenvalue weighted by Gasteiger charge is 2.11. The summed E-state index contributed by atoms with van der Waals surface area (Å²) < 4.78 is 4.69. The Bertz CT molecular complexity index is 479. The van der Waals surface area contributed by atoms with E-state index in [9.17, 15) is 4.79 Å². The number of aromatic nitrogens is 2. The lowest BCUT2D eigenvalue weighted by Gasteiger charge is -2.03. The van der Waals surface area contributed by atoms with Gasteiger partial charge in [-0.3, -0.25) is 0 Å². The van der Waals surface area contributed by atoms with Gasteiger partial charge < -0.3 is 15.0 Å². The van der Waals surface area contributed by atoms with Crippen LogP contribution in [-0.2, 0) is 17.8 Å². The van der Waals surface area contributed by atoms with E-state index in [-0.39, 0.29) is 5.97 Å². The highest BCUT2D eigenvalue weighted by molar-refractivity contribution is 7.07. The first kappa shape index (κ1) is 11.8. The maximum Gasteiger partial charge on any atom is 0.339 e. The molecule has 2 aromatic heterocycles. The molecule has 6 heteroatoms. The SMILES string of the molecule is COC(=O)c1cc[nH]c1CNCc1cscn1. The number of rotatable bonds is 5. The molecule has 2 heterocycles. The monoisotopic (exact) mass is 251 g/mol. The van der Waals surface area contributed by atoms with E-state index in [0.717, 1.165) is 11.4 Å². The van der Waals surface area contributed by atoms with Crippen molar-refractivity contribution in [3.8, 4) is 0 Å². The molecule has 0 saturated carbocycles. The Morgan fingerprint density at radius 2 is 2.47 bits per heavy atom. The summed E-state index contributed by atoms with van der Waals surface area (Å²) in [5.41, 5.74) is 4.19. The Morgan fingerprint density at radius 1 is 1.59 bits per heavy atom. The number of nitrogens with one attached hydrogen (secondary N) is 2. The molecule has 0 radical (unpaired) electrons. The predicted octanol–water partition coefficient (Wildman–Crippen LogP) is 1.55.